The summed E-state index contributed by atoms with van der Waals surface area (Å²) in [4.78, 5) is 38.9. The van der Waals surface area contributed by atoms with E-state index in [1.807, 2.05) is 30.3 Å². The Hall–Kier alpha value is -3.08. The van der Waals surface area contributed by atoms with Crippen LogP contribution in [-0.2, 0) is 16.2 Å². The molecule has 1 saturated heterocycles. The number of nitrogens with zero attached hydrogens (tertiary/aromatic N) is 1. The number of imide groups is 1. The van der Waals surface area contributed by atoms with Gasteiger partial charge in [-0.25, -0.2) is 0 Å². The number of ether oxygens (including phenoxy) is 2. The highest BCUT2D eigenvalue weighted by Gasteiger charge is 2.36. The number of benzene rings is 3. The molecular formula is C26H20Br2N2O5S. The number of carbonyl (C=O) groups excluding carboxylic acids is 3. The van der Waals surface area contributed by atoms with E-state index in [9.17, 15) is 14.4 Å². The lowest BCUT2D eigenvalue weighted by Crippen LogP contribution is -2.36. The largest absolute Gasteiger partial charge is 0.493 e. The molecule has 10 heteroatoms. The third-order valence-electron chi connectivity index (χ3n) is 5.08. The van der Waals surface area contributed by atoms with Crippen LogP contribution in [-0.4, -0.2) is 35.6 Å². The number of carbonyl (C=O) groups is 3. The second kappa shape index (κ2) is 11.8. The molecule has 1 heterocycles. The monoisotopic (exact) mass is 630 g/mol. The molecule has 3 amide bonds. The topological polar surface area (TPSA) is 84.9 Å². The maximum atomic E-state index is 12.9. The molecule has 3 aromatic rings. The minimum absolute atomic E-state index is 0.211. The molecule has 36 heavy (non-hydrogen) atoms. The lowest BCUT2D eigenvalue weighted by molar-refractivity contribution is -0.127. The molecule has 1 fully saturated rings. The van der Waals surface area contributed by atoms with Crippen LogP contribution in [0.1, 0.15) is 11.1 Å². The second-order valence-corrected chi connectivity index (χ2v) is 10.4. The number of halogens is 2. The predicted octanol–water partition coefficient (Wildman–Crippen LogP) is 6.47. The average molecular weight is 632 g/mol. The first-order valence-corrected chi connectivity index (χ1v) is 13.1. The lowest BCUT2D eigenvalue weighted by atomic mass is 10.1. The fourth-order valence-electron chi connectivity index (χ4n) is 3.36. The third-order valence-corrected chi connectivity index (χ3v) is 7.10. The maximum Gasteiger partial charge on any atom is 0.294 e. The first kappa shape index (κ1) is 26.0. The van der Waals surface area contributed by atoms with Crippen LogP contribution >= 0.6 is 43.6 Å². The molecule has 1 aliphatic heterocycles. The van der Waals surface area contributed by atoms with Gasteiger partial charge in [0.1, 0.15) is 13.2 Å². The summed E-state index contributed by atoms with van der Waals surface area (Å²) >= 11 is 7.62. The fourth-order valence-corrected chi connectivity index (χ4v) is 5.03. The molecule has 7 nitrogen and oxygen atoms in total. The normalized spacial score (nSPS) is 14.3. The molecule has 0 radical (unpaired) electrons. The highest BCUT2D eigenvalue weighted by molar-refractivity contribution is 9.10. The molecule has 0 atom stereocenters. The van der Waals surface area contributed by atoms with Crippen molar-refractivity contribution in [3.63, 3.8) is 0 Å². The Bertz CT molecular complexity index is 1330. The molecule has 0 bridgehead atoms. The Morgan fingerprint density at radius 2 is 1.78 bits per heavy atom. The molecule has 184 valence electrons. The van der Waals surface area contributed by atoms with Crippen LogP contribution in [0.3, 0.4) is 0 Å². The summed E-state index contributed by atoms with van der Waals surface area (Å²) < 4.78 is 13.0. The molecule has 4 rings (SSSR count). The number of hydrogen-bond donors (Lipinski definition) is 1. The van der Waals surface area contributed by atoms with Crippen molar-refractivity contribution in [2.75, 3.05) is 19.0 Å². The fraction of sp³-hybridized carbons (Fsp3) is 0.115. The van der Waals surface area contributed by atoms with Crippen LogP contribution in [0.4, 0.5) is 10.5 Å². The summed E-state index contributed by atoms with van der Waals surface area (Å²) in [6, 6.07) is 20.2. The molecule has 0 aromatic heterocycles. The van der Waals surface area contributed by atoms with Gasteiger partial charge in [-0.2, -0.15) is 0 Å². The van der Waals surface area contributed by atoms with Gasteiger partial charge in [-0.1, -0.05) is 46.3 Å². The summed E-state index contributed by atoms with van der Waals surface area (Å²) in [7, 11) is 1.53. The van der Waals surface area contributed by atoms with E-state index in [4.69, 9.17) is 9.47 Å². The summed E-state index contributed by atoms with van der Waals surface area (Å²) in [5.41, 5.74) is 2.21. The van der Waals surface area contributed by atoms with E-state index in [2.05, 4.69) is 37.2 Å². The van der Waals surface area contributed by atoms with E-state index >= 15 is 0 Å². The molecule has 0 spiro atoms. The van der Waals surface area contributed by atoms with Crippen LogP contribution < -0.4 is 14.8 Å². The highest BCUT2D eigenvalue weighted by Crippen LogP contribution is 2.39. The van der Waals surface area contributed by atoms with Crippen molar-refractivity contribution in [2.24, 2.45) is 0 Å². The zero-order valence-corrected chi connectivity index (χ0v) is 23.0. The second-order valence-electron chi connectivity index (χ2n) is 7.63. The van der Waals surface area contributed by atoms with Crippen LogP contribution in [0.25, 0.3) is 6.08 Å². The molecular weight excluding hydrogens is 612 g/mol. The number of methoxy groups -OCH3 is 1. The number of anilines is 1. The first-order chi connectivity index (χ1) is 17.3. The molecule has 0 unspecified atom stereocenters. The minimum atomic E-state index is -0.532. The van der Waals surface area contributed by atoms with Crippen molar-refractivity contribution in [3.05, 3.63) is 91.7 Å². The summed E-state index contributed by atoms with van der Waals surface area (Å²) in [6.07, 6.45) is 1.59. The van der Waals surface area contributed by atoms with Gasteiger partial charge < -0.3 is 14.8 Å². The minimum Gasteiger partial charge on any atom is -0.493 e. The summed E-state index contributed by atoms with van der Waals surface area (Å²) in [5.74, 6) is -0.00321. The van der Waals surface area contributed by atoms with E-state index in [1.54, 1.807) is 42.5 Å². The van der Waals surface area contributed by atoms with Gasteiger partial charge in [0, 0.05) is 10.2 Å². The van der Waals surface area contributed by atoms with E-state index in [-0.39, 0.29) is 11.4 Å². The summed E-state index contributed by atoms with van der Waals surface area (Å²) in [5, 5.41) is 2.17. The van der Waals surface area contributed by atoms with E-state index in [0.29, 0.717) is 33.8 Å². The van der Waals surface area contributed by atoms with Gasteiger partial charge in [-0.3, -0.25) is 19.3 Å². The van der Waals surface area contributed by atoms with Crippen molar-refractivity contribution < 1.29 is 23.9 Å². The van der Waals surface area contributed by atoms with Gasteiger partial charge in [0.15, 0.2) is 11.5 Å². The standard InChI is InChI=1S/C26H20Br2N2O5S/c1-34-21-12-17(11-20(28)24(21)35-15-16-5-3-2-4-6-16)13-22-25(32)30(26(33)36-22)14-23(31)29-19-9-7-18(27)8-10-19/h2-13H,14-15H2,1H3,(H,29,31)/b22-13+. The van der Waals surface area contributed by atoms with Gasteiger partial charge in [0.25, 0.3) is 11.1 Å². The van der Waals surface area contributed by atoms with Crippen LogP contribution in [0.2, 0.25) is 0 Å². The SMILES string of the molecule is COc1cc(/C=C2/SC(=O)N(CC(=O)Nc3ccc(Br)cc3)C2=O)cc(Br)c1OCc1ccccc1. The van der Waals surface area contributed by atoms with Crippen LogP contribution in [0, 0.1) is 0 Å². The Kier molecular flexibility index (Phi) is 8.50. The van der Waals surface area contributed by atoms with E-state index < -0.39 is 17.1 Å². The van der Waals surface area contributed by atoms with E-state index in [1.165, 1.54) is 7.11 Å². The predicted molar refractivity (Wildman–Crippen MR) is 147 cm³/mol. The van der Waals surface area contributed by atoms with Gasteiger partial charge in [-0.15, -0.1) is 0 Å². The number of hydrogen-bond acceptors (Lipinski definition) is 6. The molecule has 0 aliphatic carbocycles. The average Bonchev–Trinajstić information content (AvgIpc) is 3.12. The molecule has 3 aromatic carbocycles. The Morgan fingerprint density at radius 3 is 2.47 bits per heavy atom. The molecule has 1 N–H and O–H groups in total. The van der Waals surface area contributed by atoms with Gasteiger partial charge >= 0.3 is 0 Å². The van der Waals surface area contributed by atoms with Crippen molar-refractivity contribution in [2.45, 2.75) is 6.61 Å². The third kappa shape index (κ3) is 6.37. The van der Waals surface area contributed by atoms with Crippen molar-refractivity contribution in [1.29, 1.82) is 0 Å². The molecule has 1 aliphatic rings. The Balaban J connectivity index is 1.46. The van der Waals surface area contributed by atoms with Crippen LogP contribution in [0.15, 0.2) is 80.6 Å². The highest BCUT2D eigenvalue weighted by atomic mass is 79.9. The van der Waals surface area contributed by atoms with Crippen molar-refractivity contribution in [3.8, 4) is 11.5 Å². The molecule has 0 saturated carbocycles. The quantitative estimate of drug-likeness (QED) is 0.287. The number of thioether (sulfide) groups is 1. The zero-order chi connectivity index (χ0) is 25.7. The Morgan fingerprint density at radius 1 is 1.06 bits per heavy atom. The van der Waals surface area contributed by atoms with Gasteiger partial charge in [-0.05, 0) is 81.3 Å². The van der Waals surface area contributed by atoms with E-state index in [0.717, 1.165) is 26.7 Å². The number of amides is 3. The number of nitrogens with one attached hydrogen (secondary N) is 1. The lowest BCUT2D eigenvalue weighted by Gasteiger charge is -2.14. The number of rotatable bonds is 8. The maximum absolute atomic E-state index is 12.9. The Labute approximate surface area is 229 Å². The zero-order valence-electron chi connectivity index (χ0n) is 19.0. The van der Waals surface area contributed by atoms with Crippen molar-refractivity contribution >= 4 is 72.4 Å². The van der Waals surface area contributed by atoms with Crippen molar-refractivity contribution in [1.82, 2.24) is 4.90 Å². The first-order valence-electron chi connectivity index (χ1n) is 10.7. The smallest absolute Gasteiger partial charge is 0.294 e. The van der Waals surface area contributed by atoms with Gasteiger partial charge in [0.05, 0.1) is 16.5 Å². The van der Waals surface area contributed by atoms with Crippen LogP contribution in [0.5, 0.6) is 11.5 Å². The summed E-state index contributed by atoms with van der Waals surface area (Å²) in [6.45, 7) is -0.0201. The van der Waals surface area contributed by atoms with Gasteiger partial charge in [0.2, 0.25) is 5.91 Å².